The molecule has 0 aliphatic carbocycles. The maximum absolute atomic E-state index is 5.04. The summed E-state index contributed by atoms with van der Waals surface area (Å²) in [6.07, 6.45) is 40.7. The Kier molecular flexibility index (Phi) is 31.9. The molecule has 0 spiro atoms. The van der Waals surface area contributed by atoms with Gasteiger partial charge >= 0.3 is 0 Å². The molecule has 0 saturated carbocycles. The van der Waals surface area contributed by atoms with Gasteiger partial charge in [-0.3, -0.25) is 0 Å². The van der Waals surface area contributed by atoms with Crippen LogP contribution in [0.4, 0.5) is 11.4 Å². The molecular formula is C47H72N2Ni. The average molecular weight is 724 g/mol. The van der Waals surface area contributed by atoms with Crippen LogP contribution in [0, 0.1) is 11.8 Å². The zero-order chi connectivity index (χ0) is 34.7. The van der Waals surface area contributed by atoms with Crippen molar-refractivity contribution in [1.82, 2.24) is 0 Å². The number of benzene rings is 2. The molecule has 0 radical (unpaired) electrons. The topological polar surface area (TPSA) is 24.7 Å². The van der Waals surface area contributed by atoms with Crippen LogP contribution in [-0.2, 0) is 16.5 Å². The number of para-hydroxylation sites is 2. The van der Waals surface area contributed by atoms with E-state index in [0.717, 1.165) is 42.1 Å². The Bertz CT molecular complexity index is 1170. The summed E-state index contributed by atoms with van der Waals surface area (Å²) in [6, 6.07) is 20.4. The second kappa shape index (κ2) is 35.0. The second-order valence-corrected chi connectivity index (χ2v) is 14.0. The van der Waals surface area contributed by atoms with Gasteiger partial charge in [-0.2, -0.15) is 0 Å². The minimum Gasteiger partial charge on any atom is -0.246 e. The predicted octanol–water partition coefficient (Wildman–Crippen LogP) is 15.7. The van der Waals surface area contributed by atoms with Crippen molar-refractivity contribution >= 4 is 22.8 Å². The van der Waals surface area contributed by atoms with E-state index in [1.165, 1.54) is 154 Å². The van der Waals surface area contributed by atoms with Crippen molar-refractivity contribution in [3.05, 3.63) is 72.8 Å². The molecule has 0 atom stereocenters. The van der Waals surface area contributed by atoms with E-state index in [4.69, 9.17) is 9.98 Å². The number of hydrogen-bond donors (Lipinski definition) is 0. The fourth-order valence-electron chi connectivity index (χ4n) is 6.27. The molecule has 0 saturated heterocycles. The summed E-state index contributed by atoms with van der Waals surface area (Å²) >= 11 is 0. The summed E-state index contributed by atoms with van der Waals surface area (Å²) in [5.74, 6) is 6.92. The summed E-state index contributed by atoms with van der Waals surface area (Å²) in [5.41, 5.74) is 3.47. The predicted molar refractivity (Wildman–Crippen MR) is 220 cm³/mol. The van der Waals surface area contributed by atoms with Gasteiger partial charge in [-0.1, -0.05) is 210 Å². The fraction of sp³-hybridized carbons (Fsp3) is 0.617. The molecule has 0 fully saturated rings. The van der Waals surface area contributed by atoms with Gasteiger partial charge in [0.05, 0.1) is 17.1 Å². The monoisotopic (exact) mass is 723 g/mol. The van der Waals surface area contributed by atoms with Gasteiger partial charge in [0, 0.05) is 22.9 Å². The Balaban J connectivity index is 0.0000125. The third kappa shape index (κ3) is 26.4. The zero-order valence-electron chi connectivity index (χ0n) is 32.2. The van der Waals surface area contributed by atoms with Gasteiger partial charge in [-0.05, 0) is 55.5 Å². The summed E-state index contributed by atoms with van der Waals surface area (Å²) in [4.78, 5) is 10.0. The molecule has 280 valence electrons. The van der Waals surface area contributed by atoms with Crippen molar-refractivity contribution in [3.63, 3.8) is 0 Å². The fourth-order valence-corrected chi connectivity index (χ4v) is 6.27. The second-order valence-electron chi connectivity index (χ2n) is 14.0. The van der Waals surface area contributed by atoms with Gasteiger partial charge in [0.1, 0.15) is 5.71 Å². The van der Waals surface area contributed by atoms with Crippen LogP contribution in [0.15, 0.2) is 82.8 Å². The van der Waals surface area contributed by atoms with Gasteiger partial charge in [-0.25, -0.2) is 9.98 Å². The SMILES string of the molecule is CCCCCCCCCCCCC=CC(=Nc1ccccc1)C(C#CCCCCCCCCCCCCCCCCC)=Nc1ccccc1.[Ni]. The van der Waals surface area contributed by atoms with Crippen LogP contribution >= 0.6 is 0 Å². The quantitative estimate of drug-likeness (QED) is 0.0332. The molecule has 2 aromatic carbocycles. The van der Waals surface area contributed by atoms with Crippen LogP contribution < -0.4 is 0 Å². The smallest absolute Gasteiger partial charge is 0.139 e. The first-order valence-corrected chi connectivity index (χ1v) is 20.8. The molecule has 2 rings (SSSR count). The van der Waals surface area contributed by atoms with Crippen LogP contribution in [0.5, 0.6) is 0 Å². The van der Waals surface area contributed by atoms with Crippen molar-refractivity contribution in [2.75, 3.05) is 0 Å². The first-order chi connectivity index (χ1) is 24.3. The Hall–Kier alpha value is -2.43. The molecule has 0 aliphatic rings. The zero-order valence-corrected chi connectivity index (χ0v) is 33.2. The number of rotatable bonds is 30. The van der Waals surface area contributed by atoms with Crippen LogP contribution in [0.25, 0.3) is 0 Å². The molecule has 3 heteroatoms. The van der Waals surface area contributed by atoms with Crippen LogP contribution in [-0.4, -0.2) is 11.4 Å². The first-order valence-electron chi connectivity index (χ1n) is 20.8. The summed E-state index contributed by atoms with van der Waals surface area (Å²) in [7, 11) is 0. The molecular weight excluding hydrogens is 651 g/mol. The molecule has 0 amide bonds. The third-order valence-electron chi connectivity index (χ3n) is 9.36. The van der Waals surface area contributed by atoms with E-state index in [9.17, 15) is 0 Å². The largest absolute Gasteiger partial charge is 0.246 e. The molecule has 0 bridgehead atoms. The standard InChI is InChI=1S/C47H72N2.Ni/c1-3-5-7-9-11-13-15-17-18-19-20-21-23-25-27-29-37-43-47(49-45-40-34-31-35-41-45)46(48-44-38-32-30-33-39-44)42-36-28-26-24-22-16-14-12-10-8-6-4-2;/h30-36,38-42H,3-29H2,1-2H3;. The van der Waals surface area contributed by atoms with E-state index >= 15 is 0 Å². The number of allylic oxidation sites excluding steroid dienone is 2. The summed E-state index contributed by atoms with van der Waals surface area (Å²) in [6.45, 7) is 4.59. The minimum absolute atomic E-state index is 0. The number of aliphatic imine (C=N–C) groups is 2. The van der Waals surface area contributed by atoms with E-state index < -0.39 is 0 Å². The van der Waals surface area contributed by atoms with Gasteiger partial charge in [0.25, 0.3) is 0 Å². The van der Waals surface area contributed by atoms with Gasteiger partial charge in [0.2, 0.25) is 0 Å². The number of hydrogen-bond acceptors (Lipinski definition) is 2. The van der Waals surface area contributed by atoms with Crippen molar-refractivity contribution in [3.8, 4) is 11.8 Å². The van der Waals surface area contributed by atoms with Crippen LogP contribution in [0.2, 0.25) is 0 Å². The summed E-state index contributed by atoms with van der Waals surface area (Å²) in [5, 5.41) is 0. The van der Waals surface area contributed by atoms with Crippen molar-refractivity contribution in [2.45, 2.75) is 187 Å². The Morgan fingerprint density at radius 1 is 0.480 bits per heavy atom. The normalized spacial score (nSPS) is 11.8. The minimum atomic E-state index is 0. The molecule has 0 aromatic heterocycles. The van der Waals surface area contributed by atoms with E-state index in [0.29, 0.717) is 0 Å². The average Bonchev–Trinajstić information content (AvgIpc) is 3.13. The molecule has 2 aromatic rings. The van der Waals surface area contributed by atoms with E-state index in [-0.39, 0.29) is 16.5 Å². The molecule has 0 N–H and O–H groups in total. The van der Waals surface area contributed by atoms with Gasteiger partial charge < -0.3 is 0 Å². The maximum atomic E-state index is 5.04. The first kappa shape index (κ1) is 45.6. The molecule has 0 unspecified atom stereocenters. The van der Waals surface area contributed by atoms with Crippen molar-refractivity contribution in [1.29, 1.82) is 0 Å². The van der Waals surface area contributed by atoms with E-state index in [1.807, 2.05) is 48.5 Å². The number of unbranched alkanes of at least 4 members (excludes halogenated alkanes) is 25. The van der Waals surface area contributed by atoms with Gasteiger partial charge in [-0.15, -0.1) is 0 Å². The van der Waals surface area contributed by atoms with Crippen LogP contribution in [0.1, 0.15) is 187 Å². The Morgan fingerprint density at radius 3 is 1.30 bits per heavy atom. The Labute approximate surface area is 319 Å². The van der Waals surface area contributed by atoms with Crippen molar-refractivity contribution < 1.29 is 16.5 Å². The molecule has 50 heavy (non-hydrogen) atoms. The van der Waals surface area contributed by atoms with E-state index in [1.54, 1.807) is 0 Å². The van der Waals surface area contributed by atoms with E-state index in [2.05, 4.69) is 50.0 Å². The number of nitrogens with zero attached hydrogens (tertiary/aromatic N) is 2. The van der Waals surface area contributed by atoms with Crippen molar-refractivity contribution in [2.24, 2.45) is 9.98 Å². The molecule has 0 aliphatic heterocycles. The molecule has 0 heterocycles. The molecule has 2 nitrogen and oxygen atoms in total. The van der Waals surface area contributed by atoms with Gasteiger partial charge in [0.15, 0.2) is 0 Å². The summed E-state index contributed by atoms with van der Waals surface area (Å²) < 4.78 is 0. The van der Waals surface area contributed by atoms with Crippen LogP contribution in [0.3, 0.4) is 0 Å². The maximum Gasteiger partial charge on any atom is 0.139 e. The third-order valence-corrected chi connectivity index (χ3v) is 9.36. The Morgan fingerprint density at radius 2 is 0.860 bits per heavy atom.